The minimum atomic E-state index is -4.71. The topological polar surface area (TPSA) is 95.5 Å². The summed E-state index contributed by atoms with van der Waals surface area (Å²) in [5.41, 5.74) is 4.14. The Morgan fingerprint density at radius 3 is 2.28 bits per heavy atom. The highest BCUT2D eigenvalue weighted by Crippen LogP contribution is 2.29. The number of halogens is 3. The summed E-state index contributed by atoms with van der Waals surface area (Å²) in [5.74, 6) is 0.505. The molecular formula is C24H26F3N7O2. The summed E-state index contributed by atoms with van der Waals surface area (Å²) in [6.07, 6.45) is -3.27. The van der Waals surface area contributed by atoms with E-state index in [1.807, 2.05) is 30.9 Å². The molecule has 4 rings (SSSR count). The van der Waals surface area contributed by atoms with Crippen molar-refractivity contribution >= 4 is 34.9 Å². The van der Waals surface area contributed by atoms with Gasteiger partial charge >= 0.3 is 6.36 Å². The number of carbonyl (C=O) groups is 1. The molecule has 0 atom stereocenters. The number of anilines is 5. The lowest BCUT2D eigenvalue weighted by Crippen LogP contribution is -2.47. The first-order chi connectivity index (χ1) is 17.1. The van der Waals surface area contributed by atoms with Gasteiger partial charge in [0.1, 0.15) is 12.1 Å². The van der Waals surface area contributed by atoms with E-state index in [1.165, 1.54) is 25.4 Å². The highest BCUT2D eigenvalue weighted by atomic mass is 19.4. The maximum atomic E-state index is 12.4. The highest BCUT2D eigenvalue weighted by molar-refractivity contribution is 5.92. The van der Waals surface area contributed by atoms with Crippen LogP contribution in [0.15, 0.2) is 42.7 Å². The van der Waals surface area contributed by atoms with Crippen molar-refractivity contribution in [3.05, 3.63) is 53.9 Å². The third-order valence-corrected chi connectivity index (χ3v) is 5.78. The summed E-state index contributed by atoms with van der Waals surface area (Å²) in [6.45, 7) is 7.84. The Morgan fingerprint density at radius 1 is 0.972 bits per heavy atom. The van der Waals surface area contributed by atoms with E-state index in [0.717, 1.165) is 28.2 Å². The molecule has 3 aromatic rings. The molecule has 0 aliphatic carbocycles. The molecule has 1 amide bonds. The molecular weight excluding hydrogens is 475 g/mol. The molecule has 2 heterocycles. The summed E-state index contributed by atoms with van der Waals surface area (Å²) in [7, 11) is 0. The molecule has 1 saturated heterocycles. The molecule has 2 aromatic carbocycles. The molecule has 0 radical (unpaired) electrons. The predicted octanol–water partition coefficient (Wildman–Crippen LogP) is 4.42. The van der Waals surface area contributed by atoms with E-state index < -0.39 is 6.36 Å². The monoisotopic (exact) mass is 501 g/mol. The second kappa shape index (κ2) is 10.3. The zero-order chi connectivity index (χ0) is 25.9. The van der Waals surface area contributed by atoms with Crippen LogP contribution in [0.4, 0.5) is 42.1 Å². The number of alkyl halides is 3. The van der Waals surface area contributed by atoms with Gasteiger partial charge in [-0.15, -0.1) is 13.2 Å². The standard InChI is InChI=1S/C24H26F3N7O2/c1-15-4-9-20(16(2)21(15)30-17(3)35)31-22-28-14-29-23(32-22)34-12-10-33(11-13-34)18-5-7-19(8-6-18)36-24(25,26)27/h4-9,14H,10-13H2,1-3H3,(H,30,35)(H,28,29,31,32). The van der Waals surface area contributed by atoms with Crippen molar-refractivity contribution in [3.8, 4) is 5.75 Å². The normalized spacial score (nSPS) is 13.9. The zero-order valence-corrected chi connectivity index (χ0v) is 20.1. The lowest BCUT2D eigenvalue weighted by molar-refractivity contribution is -0.274. The van der Waals surface area contributed by atoms with Gasteiger partial charge in [-0.1, -0.05) is 6.07 Å². The number of piperazine rings is 1. The second-order valence-corrected chi connectivity index (χ2v) is 8.36. The summed E-state index contributed by atoms with van der Waals surface area (Å²) >= 11 is 0. The fraction of sp³-hybridized carbons (Fsp3) is 0.333. The second-order valence-electron chi connectivity index (χ2n) is 8.36. The van der Waals surface area contributed by atoms with Gasteiger partial charge in [0.05, 0.1) is 0 Å². The van der Waals surface area contributed by atoms with E-state index in [2.05, 4.69) is 35.2 Å². The van der Waals surface area contributed by atoms with E-state index in [4.69, 9.17) is 0 Å². The first-order valence-corrected chi connectivity index (χ1v) is 11.3. The molecule has 1 fully saturated rings. The number of benzene rings is 2. The maximum Gasteiger partial charge on any atom is 0.573 e. The molecule has 0 bridgehead atoms. The fourth-order valence-corrected chi connectivity index (χ4v) is 3.99. The van der Waals surface area contributed by atoms with Crippen LogP contribution in [0.25, 0.3) is 0 Å². The van der Waals surface area contributed by atoms with Crippen molar-refractivity contribution in [2.75, 3.05) is 46.6 Å². The lowest BCUT2D eigenvalue weighted by Gasteiger charge is -2.36. The Hall–Kier alpha value is -4.09. The minimum absolute atomic E-state index is 0.148. The number of ether oxygens (including phenoxy) is 1. The predicted molar refractivity (Wildman–Crippen MR) is 131 cm³/mol. The fourth-order valence-electron chi connectivity index (χ4n) is 3.99. The first kappa shape index (κ1) is 25.0. The van der Waals surface area contributed by atoms with E-state index >= 15 is 0 Å². The SMILES string of the molecule is CC(=O)Nc1c(C)ccc(Nc2ncnc(N3CCN(c4ccc(OC(F)(F)F)cc4)CC3)n2)c1C. The molecule has 12 heteroatoms. The van der Waals surface area contributed by atoms with Crippen LogP contribution < -0.4 is 25.2 Å². The Bertz CT molecular complexity index is 1230. The van der Waals surface area contributed by atoms with Crippen LogP contribution in [0.1, 0.15) is 18.1 Å². The van der Waals surface area contributed by atoms with E-state index in [1.54, 1.807) is 12.1 Å². The molecule has 1 aromatic heterocycles. The van der Waals surface area contributed by atoms with Crippen LogP contribution >= 0.6 is 0 Å². The van der Waals surface area contributed by atoms with Gasteiger partial charge in [0, 0.05) is 50.2 Å². The number of amides is 1. The van der Waals surface area contributed by atoms with Crippen LogP contribution in [0.2, 0.25) is 0 Å². The van der Waals surface area contributed by atoms with Gasteiger partial charge in [-0.25, -0.2) is 9.97 Å². The molecule has 1 aliphatic rings. The quantitative estimate of drug-likeness (QED) is 0.513. The maximum absolute atomic E-state index is 12.4. The summed E-state index contributed by atoms with van der Waals surface area (Å²) in [6, 6.07) is 9.65. The number of hydrogen-bond acceptors (Lipinski definition) is 8. The van der Waals surface area contributed by atoms with Crippen LogP contribution in [0.5, 0.6) is 5.75 Å². The number of nitrogens with zero attached hydrogens (tertiary/aromatic N) is 5. The smallest absolute Gasteiger partial charge is 0.406 e. The largest absolute Gasteiger partial charge is 0.573 e. The van der Waals surface area contributed by atoms with Gasteiger partial charge in [-0.05, 0) is 55.3 Å². The first-order valence-electron chi connectivity index (χ1n) is 11.3. The Kier molecular flexibility index (Phi) is 7.13. The number of aryl methyl sites for hydroxylation is 1. The van der Waals surface area contributed by atoms with Crippen LogP contribution in [0.3, 0.4) is 0 Å². The zero-order valence-electron chi connectivity index (χ0n) is 20.1. The van der Waals surface area contributed by atoms with E-state index in [9.17, 15) is 18.0 Å². The van der Waals surface area contributed by atoms with Crippen molar-refractivity contribution in [1.29, 1.82) is 0 Å². The summed E-state index contributed by atoms with van der Waals surface area (Å²) in [5, 5.41) is 6.07. The van der Waals surface area contributed by atoms with E-state index in [0.29, 0.717) is 38.1 Å². The van der Waals surface area contributed by atoms with Crippen molar-refractivity contribution in [2.24, 2.45) is 0 Å². The van der Waals surface area contributed by atoms with Gasteiger partial charge in [0.2, 0.25) is 17.8 Å². The highest BCUT2D eigenvalue weighted by Gasteiger charge is 2.31. The minimum Gasteiger partial charge on any atom is -0.406 e. The van der Waals surface area contributed by atoms with E-state index in [-0.39, 0.29) is 11.7 Å². The van der Waals surface area contributed by atoms with Crippen molar-refractivity contribution < 1.29 is 22.7 Å². The number of rotatable bonds is 6. The van der Waals surface area contributed by atoms with Crippen molar-refractivity contribution in [2.45, 2.75) is 27.1 Å². The van der Waals surface area contributed by atoms with Gasteiger partial charge in [0.15, 0.2) is 0 Å². The van der Waals surface area contributed by atoms with Crippen LogP contribution in [-0.2, 0) is 4.79 Å². The molecule has 0 spiro atoms. The Balaban J connectivity index is 1.40. The third-order valence-electron chi connectivity index (χ3n) is 5.78. The molecule has 1 aliphatic heterocycles. The molecule has 36 heavy (non-hydrogen) atoms. The molecule has 0 unspecified atom stereocenters. The molecule has 190 valence electrons. The molecule has 9 nitrogen and oxygen atoms in total. The van der Waals surface area contributed by atoms with Gasteiger partial charge in [0.25, 0.3) is 0 Å². The Labute approximate surface area is 206 Å². The van der Waals surface area contributed by atoms with Gasteiger partial charge in [-0.3, -0.25) is 4.79 Å². The van der Waals surface area contributed by atoms with Gasteiger partial charge in [-0.2, -0.15) is 4.98 Å². The number of aromatic nitrogens is 3. The summed E-state index contributed by atoms with van der Waals surface area (Å²) < 4.78 is 41.1. The third kappa shape index (κ3) is 6.12. The summed E-state index contributed by atoms with van der Waals surface area (Å²) in [4.78, 5) is 28.8. The average molecular weight is 502 g/mol. The van der Waals surface area contributed by atoms with Crippen molar-refractivity contribution in [1.82, 2.24) is 15.0 Å². The Morgan fingerprint density at radius 2 is 1.64 bits per heavy atom. The van der Waals surface area contributed by atoms with Crippen LogP contribution in [0, 0.1) is 13.8 Å². The van der Waals surface area contributed by atoms with Crippen molar-refractivity contribution in [3.63, 3.8) is 0 Å². The number of carbonyl (C=O) groups excluding carboxylic acids is 1. The van der Waals surface area contributed by atoms with Crippen LogP contribution in [-0.4, -0.2) is 53.4 Å². The van der Waals surface area contributed by atoms with Gasteiger partial charge < -0.3 is 25.2 Å². The lowest BCUT2D eigenvalue weighted by atomic mass is 10.1. The molecule has 2 N–H and O–H groups in total. The average Bonchev–Trinajstić information content (AvgIpc) is 2.83. The number of nitrogens with one attached hydrogen (secondary N) is 2. The number of hydrogen-bond donors (Lipinski definition) is 2. The molecule has 0 saturated carbocycles.